The molecule has 1 aromatic heterocycles. The highest BCUT2D eigenvalue weighted by Gasteiger charge is 2.31. The van der Waals surface area contributed by atoms with Crippen LogP contribution in [-0.2, 0) is 6.42 Å². The Morgan fingerprint density at radius 3 is 2.85 bits per heavy atom. The lowest BCUT2D eigenvalue weighted by Gasteiger charge is -2.29. The van der Waals surface area contributed by atoms with Gasteiger partial charge in [-0.3, -0.25) is 0 Å². The van der Waals surface area contributed by atoms with Crippen LogP contribution in [0.1, 0.15) is 18.4 Å². The van der Waals surface area contributed by atoms with Crippen LogP contribution in [0.3, 0.4) is 0 Å². The molecule has 0 unspecified atom stereocenters. The Labute approximate surface area is 82.0 Å². The van der Waals surface area contributed by atoms with Crippen molar-refractivity contribution in [2.24, 2.45) is 0 Å². The SMILES string of the molecule is FC1(Cc2ccsc2)CCNCC1. The topological polar surface area (TPSA) is 12.0 Å². The molecule has 1 nitrogen and oxygen atoms in total. The Morgan fingerprint density at radius 2 is 2.23 bits per heavy atom. The Kier molecular flexibility index (Phi) is 2.65. The van der Waals surface area contributed by atoms with Crippen LogP contribution in [0.2, 0.25) is 0 Å². The second-order valence-corrected chi connectivity index (χ2v) is 4.49. The van der Waals surface area contributed by atoms with Gasteiger partial charge in [0.1, 0.15) is 5.67 Å². The highest BCUT2D eigenvalue weighted by Crippen LogP contribution is 2.28. The maximum Gasteiger partial charge on any atom is 0.117 e. The molecule has 1 aliphatic heterocycles. The quantitative estimate of drug-likeness (QED) is 0.771. The summed E-state index contributed by atoms with van der Waals surface area (Å²) in [5.74, 6) is 0. The molecule has 0 radical (unpaired) electrons. The molecule has 13 heavy (non-hydrogen) atoms. The standard InChI is InChI=1S/C10H14FNS/c11-10(2-4-12-5-3-10)7-9-1-6-13-8-9/h1,6,8,12H,2-5,7H2. The second-order valence-electron chi connectivity index (χ2n) is 3.71. The second kappa shape index (κ2) is 3.76. The molecule has 0 bridgehead atoms. The van der Waals surface area contributed by atoms with Crippen molar-refractivity contribution < 1.29 is 4.39 Å². The number of hydrogen-bond acceptors (Lipinski definition) is 2. The highest BCUT2D eigenvalue weighted by atomic mass is 32.1. The fourth-order valence-electron chi connectivity index (χ4n) is 1.81. The average molecular weight is 199 g/mol. The summed E-state index contributed by atoms with van der Waals surface area (Å²) in [6.07, 6.45) is 1.91. The summed E-state index contributed by atoms with van der Waals surface area (Å²) in [6.45, 7) is 1.64. The molecule has 1 aromatic rings. The van der Waals surface area contributed by atoms with Crippen LogP contribution < -0.4 is 5.32 Å². The first kappa shape index (κ1) is 9.16. The molecule has 2 heterocycles. The van der Waals surface area contributed by atoms with Crippen molar-refractivity contribution in [1.82, 2.24) is 5.32 Å². The normalized spacial score (nSPS) is 21.6. The first-order chi connectivity index (χ1) is 6.29. The smallest absolute Gasteiger partial charge is 0.117 e. The van der Waals surface area contributed by atoms with E-state index in [-0.39, 0.29) is 0 Å². The van der Waals surface area contributed by atoms with Crippen molar-refractivity contribution >= 4 is 11.3 Å². The largest absolute Gasteiger partial charge is 0.316 e. The van der Waals surface area contributed by atoms with Crippen molar-refractivity contribution in [3.05, 3.63) is 22.4 Å². The van der Waals surface area contributed by atoms with Gasteiger partial charge in [-0.15, -0.1) is 0 Å². The van der Waals surface area contributed by atoms with E-state index in [4.69, 9.17) is 0 Å². The van der Waals surface area contributed by atoms with Gasteiger partial charge >= 0.3 is 0 Å². The molecule has 72 valence electrons. The van der Waals surface area contributed by atoms with Crippen LogP contribution in [0.5, 0.6) is 0 Å². The summed E-state index contributed by atoms with van der Waals surface area (Å²) in [4.78, 5) is 0. The molecule has 0 atom stereocenters. The van der Waals surface area contributed by atoms with Crippen LogP contribution in [0, 0.1) is 0 Å². The Morgan fingerprint density at radius 1 is 1.46 bits per heavy atom. The summed E-state index contributed by atoms with van der Waals surface area (Å²) in [6, 6.07) is 2.02. The summed E-state index contributed by atoms with van der Waals surface area (Å²) >= 11 is 1.64. The van der Waals surface area contributed by atoms with Gasteiger partial charge in [-0.05, 0) is 48.3 Å². The molecule has 0 aromatic carbocycles. The van der Waals surface area contributed by atoms with E-state index in [1.165, 1.54) is 0 Å². The third-order valence-electron chi connectivity index (χ3n) is 2.60. The number of rotatable bonds is 2. The van der Waals surface area contributed by atoms with Crippen LogP contribution in [0.25, 0.3) is 0 Å². The van der Waals surface area contributed by atoms with E-state index in [1.807, 2.05) is 16.8 Å². The van der Waals surface area contributed by atoms with Crippen LogP contribution in [0.15, 0.2) is 16.8 Å². The maximum absolute atomic E-state index is 14.1. The molecular formula is C10H14FNS. The van der Waals surface area contributed by atoms with E-state index in [0.29, 0.717) is 19.3 Å². The Hall–Kier alpha value is -0.410. The molecule has 1 saturated heterocycles. The molecular weight excluding hydrogens is 185 g/mol. The molecule has 3 heteroatoms. The minimum Gasteiger partial charge on any atom is -0.316 e. The number of alkyl halides is 1. The Bertz CT molecular complexity index is 252. The van der Waals surface area contributed by atoms with Crippen LogP contribution in [0.4, 0.5) is 4.39 Å². The van der Waals surface area contributed by atoms with E-state index in [1.54, 1.807) is 11.3 Å². The van der Waals surface area contributed by atoms with E-state index < -0.39 is 5.67 Å². The van der Waals surface area contributed by atoms with Crippen molar-refractivity contribution in [3.63, 3.8) is 0 Å². The summed E-state index contributed by atoms with van der Waals surface area (Å²) < 4.78 is 14.1. The third-order valence-corrected chi connectivity index (χ3v) is 3.33. The zero-order valence-corrected chi connectivity index (χ0v) is 8.37. The van der Waals surface area contributed by atoms with Gasteiger partial charge in [-0.1, -0.05) is 0 Å². The molecule has 1 aliphatic rings. The fourth-order valence-corrected chi connectivity index (χ4v) is 2.48. The minimum atomic E-state index is -0.952. The van der Waals surface area contributed by atoms with E-state index >= 15 is 0 Å². The van der Waals surface area contributed by atoms with E-state index in [0.717, 1.165) is 18.7 Å². The highest BCUT2D eigenvalue weighted by molar-refractivity contribution is 7.07. The lowest BCUT2D eigenvalue weighted by Crippen LogP contribution is -2.40. The molecule has 2 rings (SSSR count). The van der Waals surface area contributed by atoms with Crippen LogP contribution in [-0.4, -0.2) is 18.8 Å². The lowest BCUT2D eigenvalue weighted by molar-refractivity contribution is 0.116. The number of thiophene rings is 1. The molecule has 1 fully saturated rings. The van der Waals surface area contributed by atoms with E-state index in [2.05, 4.69) is 5.32 Å². The number of halogens is 1. The number of piperidine rings is 1. The molecule has 0 saturated carbocycles. The molecule has 1 N–H and O–H groups in total. The van der Waals surface area contributed by atoms with Gasteiger partial charge in [0.2, 0.25) is 0 Å². The fraction of sp³-hybridized carbons (Fsp3) is 0.600. The predicted molar refractivity (Wildman–Crippen MR) is 54.0 cm³/mol. The van der Waals surface area contributed by atoms with Gasteiger partial charge < -0.3 is 5.32 Å². The Balaban J connectivity index is 1.99. The van der Waals surface area contributed by atoms with Gasteiger partial charge in [0.05, 0.1) is 0 Å². The summed E-state index contributed by atoms with van der Waals surface area (Å²) in [7, 11) is 0. The lowest BCUT2D eigenvalue weighted by atomic mass is 9.89. The zero-order valence-electron chi connectivity index (χ0n) is 7.55. The van der Waals surface area contributed by atoms with Gasteiger partial charge in [-0.25, -0.2) is 4.39 Å². The van der Waals surface area contributed by atoms with Gasteiger partial charge in [0, 0.05) is 6.42 Å². The first-order valence-corrected chi connectivity index (χ1v) is 5.64. The van der Waals surface area contributed by atoms with Crippen molar-refractivity contribution in [2.45, 2.75) is 24.9 Å². The van der Waals surface area contributed by atoms with Crippen molar-refractivity contribution in [2.75, 3.05) is 13.1 Å². The van der Waals surface area contributed by atoms with Gasteiger partial charge in [0.25, 0.3) is 0 Å². The van der Waals surface area contributed by atoms with Gasteiger partial charge in [0.15, 0.2) is 0 Å². The summed E-state index contributed by atoms with van der Waals surface area (Å²) in [5, 5.41) is 7.24. The number of hydrogen-bond donors (Lipinski definition) is 1. The summed E-state index contributed by atoms with van der Waals surface area (Å²) in [5.41, 5.74) is 0.196. The van der Waals surface area contributed by atoms with E-state index in [9.17, 15) is 4.39 Å². The van der Waals surface area contributed by atoms with Crippen LogP contribution >= 0.6 is 11.3 Å². The molecule has 0 amide bonds. The average Bonchev–Trinajstić information content (AvgIpc) is 2.57. The zero-order chi connectivity index (χ0) is 9.15. The number of nitrogens with one attached hydrogen (secondary N) is 1. The first-order valence-electron chi connectivity index (χ1n) is 4.69. The maximum atomic E-state index is 14.1. The van der Waals surface area contributed by atoms with Crippen molar-refractivity contribution in [1.29, 1.82) is 0 Å². The van der Waals surface area contributed by atoms with Crippen molar-refractivity contribution in [3.8, 4) is 0 Å². The molecule has 0 aliphatic carbocycles. The monoisotopic (exact) mass is 199 g/mol. The predicted octanol–water partition coefficient (Wildman–Crippen LogP) is 2.38. The minimum absolute atomic E-state index is 0.595. The molecule has 0 spiro atoms. The van der Waals surface area contributed by atoms with Gasteiger partial charge in [-0.2, -0.15) is 11.3 Å². The third kappa shape index (κ3) is 2.29.